The molecular weight excluding hydrogens is 538 g/mol. The Balaban J connectivity index is 0.00000385. The van der Waals surface area contributed by atoms with E-state index in [4.69, 9.17) is 9.15 Å². The van der Waals surface area contributed by atoms with E-state index in [0.29, 0.717) is 36.9 Å². The van der Waals surface area contributed by atoms with Gasteiger partial charge in [-0.05, 0) is 48.9 Å². The van der Waals surface area contributed by atoms with Gasteiger partial charge in [0.1, 0.15) is 11.9 Å². The quantitative estimate of drug-likeness (QED) is 0.206. The van der Waals surface area contributed by atoms with Crippen LogP contribution in [0.2, 0.25) is 0 Å². The second-order valence-electron chi connectivity index (χ2n) is 7.13. The molecule has 7 nitrogen and oxygen atoms in total. The molecule has 1 heterocycles. The minimum Gasteiger partial charge on any atom is -0.486 e. The largest absolute Gasteiger partial charge is 0.486 e. The van der Waals surface area contributed by atoms with Gasteiger partial charge in [-0.1, -0.05) is 24.3 Å². The fourth-order valence-corrected chi connectivity index (χ4v) is 2.95. The molecule has 0 aliphatic carbocycles. The highest BCUT2D eigenvalue weighted by Crippen LogP contribution is 2.16. The Hall–Kier alpha value is -3.08. The van der Waals surface area contributed by atoms with Crippen LogP contribution < -0.4 is 20.7 Å². The van der Waals surface area contributed by atoms with Gasteiger partial charge in [-0.3, -0.25) is 9.79 Å². The summed E-state index contributed by atoms with van der Waals surface area (Å²) >= 11 is 0. The van der Waals surface area contributed by atoms with Gasteiger partial charge in [-0.25, -0.2) is 4.39 Å². The lowest BCUT2D eigenvalue weighted by atomic mass is 10.1. The number of hydrogen-bond donors (Lipinski definition) is 3. The molecule has 9 heteroatoms. The van der Waals surface area contributed by atoms with Crippen molar-refractivity contribution in [3.8, 4) is 5.75 Å². The van der Waals surface area contributed by atoms with Gasteiger partial charge < -0.3 is 25.1 Å². The van der Waals surface area contributed by atoms with Crippen LogP contribution in [0, 0.1) is 5.82 Å². The van der Waals surface area contributed by atoms with E-state index in [1.165, 1.54) is 6.07 Å². The Bertz CT molecular complexity index is 1040. The van der Waals surface area contributed by atoms with Gasteiger partial charge in [0, 0.05) is 19.2 Å². The van der Waals surface area contributed by atoms with E-state index in [-0.39, 0.29) is 41.7 Å². The molecule has 0 aliphatic rings. The molecule has 0 bridgehead atoms. The maximum atomic E-state index is 13.7. The molecule has 3 rings (SSSR count). The van der Waals surface area contributed by atoms with Gasteiger partial charge in [-0.2, -0.15) is 0 Å². The molecule has 3 N–H and O–H groups in total. The van der Waals surface area contributed by atoms with E-state index >= 15 is 0 Å². The molecule has 2 aromatic carbocycles. The summed E-state index contributed by atoms with van der Waals surface area (Å²) in [5.41, 5.74) is 1.49. The number of nitrogens with zero attached hydrogens (tertiary/aromatic N) is 1. The van der Waals surface area contributed by atoms with Crippen LogP contribution in [0.3, 0.4) is 0 Å². The van der Waals surface area contributed by atoms with Crippen molar-refractivity contribution in [2.24, 2.45) is 4.99 Å². The monoisotopic (exact) mass is 566 g/mol. The zero-order chi connectivity index (χ0) is 22.8. The van der Waals surface area contributed by atoms with Crippen molar-refractivity contribution in [2.75, 3.05) is 13.6 Å². The van der Waals surface area contributed by atoms with E-state index in [1.54, 1.807) is 43.6 Å². The topological polar surface area (TPSA) is 87.9 Å². The van der Waals surface area contributed by atoms with Crippen LogP contribution in [0.1, 0.15) is 28.6 Å². The highest BCUT2D eigenvalue weighted by Gasteiger charge is 2.10. The lowest BCUT2D eigenvalue weighted by Gasteiger charge is -2.18. The number of aliphatic imine (C=N–C) groups is 1. The first-order valence-corrected chi connectivity index (χ1v) is 10.3. The SMILES string of the molecule is CN=C(NCc1cccc(C(=O)NCc2ccco2)c1)NCC(C)Oc1ccccc1F.I. The Morgan fingerprint density at radius 2 is 1.88 bits per heavy atom. The molecule has 1 atom stereocenters. The number of halogens is 2. The number of rotatable bonds is 9. The van der Waals surface area contributed by atoms with E-state index in [2.05, 4.69) is 20.9 Å². The number of ether oxygens (including phenoxy) is 1. The van der Waals surface area contributed by atoms with Crippen LogP contribution in [0.25, 0.3) is 0 Å². The maximum Gasteiger partial charge on any atom is 0.251 e. The molecule has 1 aromatic heterocycles. The Morgan fingerprint density at radius 1 is 1.06 bits per heavy atom. The summed E-state index contributed by atoms with van der Waals surface area (Å²) in [5, 5.41) is 9.19. The normalized spacial score (nSPS) is 11.8. The summed E-state index contributed by atoms with van der Waals surface area (Å²) < 4.78 is 24.6. The lowest BCUT2D eigenvalue weighted by molar-refractivity contribution is 0.0948. The number of benzene rings is 2. The van der Waals surface area contributed by atoms with E-state index < -0.39 is 5.82 Å². The standard InChI is InChI=1S/C24H27FN4O3.HI/c1-17(32-22-11-4-3-10-21(22)25)14-28-24(26-2)29-15-18-7-5-8-19(13-18)23(30)27-16-20-9-6-12-31-20;/h3-13,17H,14-16H2,1-2H3,(H,27,30)(H2,26,28,29);1H. The van der Waals surface area contributed by atoms with Gasteiger partial charge in [0.25, 0.3) is 5.91 Å². The molecule has 0 saturated carbocycles. The van der Waals surface area contributed by atoms with Gasteiger partial charge >= 0.3 is 0 Å². The molecule has 33 heavy (non-hydrogen) atoms. The summed E-state index contributed by atoms with van der Waals surface area (Å²) in [6.07, 6.45) is 1.30. The van der Waals surface area contributed by atoms with Crippen LogP contribution in [0.15, 0.2) is 76.3 Å². The predicted octanol–water partition coefficient (Wildman–Crippen LogP) is 4.10. The first-order chi connectivity index (χ1) is 15.5. The zero-order valence-electron chi connectivity index (χ0n) is 18.5. The summed E-state index contributed by atoms with van der Waals surface area (Å²) in [7, 11) is 1.66. The van der Waals surface area contributed by atoms with Gasteiger partial charge in [-0.15, -0.1) is 24.0 Å². The van der Waals surface area contributed by atoms with Crippen LogP contribution in [0.4, 0.5) is 4.39 Å². The zero-order valence-corrected chi connectivity index (χ0v) is 20.8. The maximum absolute atomic E-state index is 13.7. The number of carbonyl (C=O) groups excluding carboxylic acids is 1. The second-order valence-corrected chi connectivity index (χ2v) is 7.13. The van der Waals surface area contributed by atoms with Crippen molar-refractivity contribution in [2.45, 2.75) is 26.1 Å². The van der Waals surface area contributed by atoms with Crippen molar-refractivity contribution < 1.29 is 18.3 Å². The minimum atomic E-state index is -0.394. The van der Waals surface area contributed by atoms with Gasteiger partial charge in [0.2, 0.25) is 0 Å². The van der Waals surface area contributed by atoms with Crippen molar-refractivity contribution in [1.29, 1.82) is 0 Å². The summed E-state index contributed by atoms with van der Waals surface area (Å²) in [5.74, 6) is 0.910. The Labute approximate surface area is 209 Å². The van der Waals surface area contributed by atoms with Crippen molar-refractivity contribution in [3.63, 3.8) is 0 Å². The third-order valence-electron chi connectivity index (χ3n) is 4.60. The average molecular weight is 566 g/mol. The molecule has 0 fully saturated rings. The number of carbonyl (C=O) groups is 1. The molecule has 1 unspecified atom stereocenters. The van der Waals surface area contributed by atoms with Crippen LogP contribution in [-0.2, 0) is 13.1 Å². The first-order valence-electron chi connectivity index (χ1n) is 10.3. The van der Waals surface area contributed by atoms with Crippen LogP contribution in [-0.4, -0.2) is 31.6 Å². The smallest absolute Gasteiger partial charge is 0.251 e. The predicted molar refractivity (Wildman–Crippen MR) is 136 cm³/mol. The molecule has 0 radical (unpaired) electrons. The number of para-hydroxylation sites is 1. The first kappa shape index (κ1) is 26.2. The van der Waals surface area contributed by atoms with E-state index in [9.17, 15) is 9.18 Å². The molecule has 0 saturated heterocycles. The van der Waals surface area contributed by atoms with E-state index in [0.717, 1.165) is 5.56 Å². The van der Waals surface area contributed by atoms with Crippen molar-refractivity contribution in [3.05, 3.63) is 89.6 Å². The summed E-state index contributed by atoms with van der Waals surface area (Å²) in [6, 6.07) is 17.2. The summed E-state index contributed by atoms with van der Waals surface area (Å²) in [6.45, 7) is 3.08. The molecular formula is C24H28FIN4O3. The number of guanidine groups is 1. The molecule has 176 valence electrons. The Kier molecular flexibility index (Phi) is 10.7. The van der Waals surface area contributed by atoms with Crippen LogP contribution >= 0.6 is 24.0 Å². The molecule has 0 aliphatic heterocycles. The third-order valence-corrected chi connectivity index (χ3v) is 4.60. The highest BCUT2D eigenvalue weighted by atomic mass is 127. The number of amides is 1. The van der Waals surface area contributed by atoms with E-state index in [1.807, 2.05) is 31.2 Å². The third kappa shape index (κ3) is 8.41. The minimum absolute atomic E-state index is 0. The fourth-order valence-electron chi connectivity index (χ4n) is 2.95. The molecule has 3 aromatic rings. The fraction of sp³-hybridized carbons (Fsp3) is 0.250. The van der Waals surface area contributed by atoms with Crippen LogP contribution in [0.5, 0.6) is 5.75 Å². The van der Waals surface area contributed by atoms with Crippen molar-refractivity contribution >= 4 is 35.8 Å². The summed E-state index contributed by atoms with van der Waals surface area (Å²) in [4.78, 5) is 16.6. The number of hydrogen-bond acceptors (Lipinski definition) is 4. The molecule has 1 amide bonds. The second kappa shape index (κ2) is 13.5. The molecule has 0 spiro atoms. The number of furan rings is 1. The number of nitrogens with one attached hydrogen (secondary N) is 3. The van der Waals surface area contributed by atoms with Gasteiger partial charge in [0.05, 0.1) is 19.4 Å². The lowest BCUT2D eigenvalue weighted by Crippen LogP contribution is -2.41. The highest BCUT2D eigenvalue weighted by molar-refractivity contribution is 14.0. The Morgan fingerprint density at radius 3 is 2.61 bits per heavy atom. The van der Waals surface area contributed by atoms with Crippen molar-refractivity contribution in [1.82, 2.24) is 16.0 Å². The van der Waals surface area contributed by atoms with Gasteiger partial charge in [0.15, 0.2) is 17.5 Å². The average Bonchev–Trinajstić information content (AvgIpc) is 3.33.